The Morgan fingerprint density at radius 2 is 2.00 bits per heavy atom. The van der Waals surface area contributed by atoms with E-state index in [9.17, 15) is 9.90 Å². The summed E-state index contributed by atoms with van der Waals surface area (Å²) in [5.41, 5.74) is 1.97. The van der Waals surface area contributed by atoms with E-state index in [0.717, 1.165) is 56.6 Å². The number of nitrogens with zero attached hydrogens (tertiary/aromatic N) is 1. The number of nitrogens with one attached hydrogen (secondary N) is 1. The van der Waals surface area contributed by atoms with Crippen LogP contribution in [0.15, 0.2) is 24.3 Å². The van der Waals surface area contributed by atoms with Crippen molar-refractivity contribution in [2.24, 2.45) is 5.92 Å². The Morgan fingerprint density at radius 1 is 1.24 bits per heavy atom. The number of rotatable bonds is 6. The first-order chi connectivity index (χ1) is 12.2. The third-order valence-electron chi connectivity index (χ3n) is 5.40. The van der Waals surface area contributed by atoms with Gasteiger partial charge in [0.15, 0.2) is 0 Å². The van der Waals surface area contributed by atoms with Crippen LogP contribution in [0.25, 0.3) is 0 Å². The lowest BCUT2D eigenvalue weighted by molar-refractivity contribution is -0.116. The molecular weight excluding hydrogens is 316 g/mol. The van der Waals surface area contributed by atoms with Gasteiger partial charge in [0.2, 0.25) is 5.91 Å². The molecule has 2 aliphatic heterocycles. The Bertz CT molecular complexity index is 570. The molecule has 0 aromatic heterocycles. The highest BCUT2D eigenvalue weighted by Crippen LogP contribution is 2.30. The Morgan fingerprint density at radius 3 is 2.68 bits per heavy atom. The molecule has 0 bridgehead atoms. The number of aliphatic hydroxyl groups excluding tert-OH is 1. The van der Waals surface area contributed by atoms with Crippen molar-refractivity contribution < 1.29 is 14.6 Å². The molecule has 2 atom stereocenters. The third kappa shape index (κ3) is 4.95. The van der Waals surface area contributed by atoms with E-state index in [1.165, 1.54) is 0 Å². The fraction of sp³-hybridized carbons (Fsp3) is 0.650. The average molecular weight is 346 g/mol. The lowest BCUT2D eigenvalue weighted by Gasteiger charge is -2.34. The first-order valence-electron chi connectivity index (χ1n) is 9.56. The van der Waals surface area contributed by atoms with Gasteiger partial charge in [-0.05, 0) is 57.1 Å². The van der Waals surface area contributed by atoms with Crippen LogP contribution in [0.1, 0.15) is 45.4 Å². The Labute approximate surface area is 150 Å². The van der Waals surface area contributed by atoms with E-state index >= 15 is 0 Å². The van der Waals surface area contributed by atoms with Crippen LogP contribution in [0.2, 0.25) is 0 Å². The summed E-state index contributed by atoms with van der Waals surface area (Å²) in [5, 5.41) is 12.4. The van der Waals surface area contributed by atoms with E-state index in [1.54, 1.807) is 0 Å². The van der Waals surface area contributed by atoms with Crippen molar-refractivity contribution in [1.29, 1.82) is 0 Å². The van der Waals surface area contributed by atoms with Gasteiger partial charge in [-0.2, -0.15) is 0 Å². The van der Waals surface area contributed by atoms with Crippen molar-refractivity contribution in [3.63, 3.8) is 0 Å². The first kappa shape index (κ1) is 18.2. The lowest BCUT2D eigenvalue weighted by Crippen LogP contribution is -2.35. The predicted octanol–water partition coefficient (Wildman–Crippen LogP) is 3.18. The van der Waals surface area contributed by atoms with E-state index in [1.807, 2.05) is 18.2 Å². The maximum atomic E-state index is 12.4. The molecule has 2 heterocycles. The molecule has 1 amide bonds. The maximum Gasteiger partial charge on any atom is 0.224 e. The minimum Gasteiger partial charge on any atom is -0.396 e. The molecule has 3 rings (SSSR count). The van der Waals surface area contributed by atoms with E-state index < -0.39 is 0 Å². The number of para-hydroxylation sites is 2. The van der Waals surface area contributed by atoms with Crippen molar-refractivity contribution in [1.82, 2.24) is 0 Å². The summed E-state index contributed by atoms with van der Waals surface area (Å²) in [5.74, 6) is 0.465. The van der Waals surface area contributed by atoms with Gasteiger partial charge in [0.1, 0.15) is 0 Å². The summed E-state index contributed by atoms with van der Waals surface area (Å²) in [6, 6.07) is 8.01. The van der Waals surface area contributed by atoms with Gasteiger partial charge in [0, 0.05) is 26.1 Å². The molecule has 25 heavy (non-hydrogen) atoms. The highest BCUT2D eigenvalue weighted by atomic mass is 16.5. The summed E-state index contributed by atoms with van der Waals surface area (Å²) in [6.07, 6.45) is 6.00. The van der Waals surface area contributed by atoms with Crippen LogP contribution in [0, 0.1) is 5.92 Å². The summed E-state index contributed by atoms with van der Waals surface area (Å²) in [7, 11) is 0. The highest BCUT2D eigenvalue weighted by molar-refractivity contribution is 5.94. The summed E-state index contributed by atoms with van der Waals surface area (Å²) < 4.78 is 5.79. The highest BCUT2D eigenvalue weighted by Gasteiger charge is 2.23. The zero-order valence-corrected chi connectivity index (χ0v) is 15.1. The minimum absolute atomic E-state index is 0.0563. The van der Waals surface area contributed by atoms with Crippen molar-refractivity contribution in [2.45, 2.75) is 57.7 Å². The molecule has 1 aromatic carbocycles. The third-order valence-corrected chi connectivity index (χ3v) is 5.40. The van der Waals surface area contributed by atoms with Gasteiger partial charge in [0.05, 0.1) is 23.6 Å². The second-order valence-electron chi connectivity index (χ2n) is 7.36. The molecule has 0 saturated carbocycles. The lowest BCUT2D eigenvalue weighted by atomic mass is 9.97. The smallest absolute Gasteiger partial charge is 0.224 e. The number of carbonyl (C=O) groups excluding carboxylic acids is 1. The van der Waals surface area contributed by atoms with Gasteiger partial charge < -0.3 is 20.1 Å². The van der Waals surface area contributed by atoms with Crippen LogP contribution in [0.4, 0.5) is 11.4 Å². The van der Waals surface area contributed by atoms with Crippen LogP contribution in [0.3, 0.4) is 0 Å². The average Bonchev–Trinajstić information content (AvgIpc) is 3.06. The van der Waals surface area contributed by atoms with Gasteiger partial charge in [-0.1, -0.05) is 12.1 Å². The van der Waals surface area contributed by atoms with Gasteiger partial charge >= 0.3 is 0 Å². The predicted molar refractivity (Wildman–Crippen MR) is 99.9 cm³/mol. The topological polar surface area (TPSA) is 61.8 Å². The van der Waals surface area contributed by atoms with Crippen molar-refractivity contribution >= 4 is 17.3 Å². The van der Waals surface area contributed by atoms with Crippen LogP contribution >= 0.6 is 0 Å². The molecule has 0 radical (unpaired) electrons. The van der Waals surface area contributed by atoms with Crippen LogP contribution in [0.5, 0.6) is 0 Å². The standard InChI is InChI=1S/C20H30N2O3/c1-15-6-7-17(25-15)8-9-20(24)21-18-4-2-3-5-19(18)22-12-10-16(14-23)11-13-22/h2-5,15-17,23H,6-14H2,1H3,(H,21,24). The number of hydrogen-bond donors (Lipinski definition) is 2. The van der Waals surface area contributed by atoms with Crippen molar-refractivity contribution in [3.05, 3.63) is 24.3 Å². The van der Waals surface area contributed by atoms with Crippen LogP contribution in [-0.2, 0) is 9.53 Å². The molecule has 2 fully saturated rings. The quantitative estimate of drug-likeness (QED) is 0.830. The molecule has 2 saturated heterocycles. The SMILES string of the molecule is CC1CCC(CCC(=O)Nc2ccccc2N2CCC(CO)CC2)O1. The number of piperidine rings is 1. The zero-order chi connectivity index (χ0) is 17.6. The summed E-state index contributed by atoms with van der Waals surface area (Å²) in [6.45, 7) is 4.21. The summed E-state index contributed by atoms with van der Waals surface area (Å²) in [4.78, 5) is 14.7. The van der Waals surface area contributed by atoms with Crippen LogP contribution < -0.4 is 10.2 Å². The Kier molecular flexibility index (Phi) is 6.32. The number of hydrogen-bond acceptors (Lipinski definition) is 4. The molecule has 0 aliphatic carbocycles. The van der Waals surface area contributed by atoms with E-state index in [4.69, 9.17) is 4.74 Å². The fourth-order valence-corrected chi connectivity index (χ4v) is 3.81. The molecule has 5 nitrogen and oxygen atoms in total. The molecule has 2 N–H and O–H groups in total. The monoisotopic (exact) mass is 346 g/mol. The number of amides is 1. The fourth-order valence-electron chi connectivity index (χ4n) is 3.81. The van der Waals surface area contributed by atoms with E-state index in [2.05, 4.69) is 23.2 Å². The van der Waals surface area contributed by atoms with Gasteiger partial charge in [0.25, 0.3) is 0 Å². The normalized spacial score (nSPS) is 24.5. The van der Waals surface area contributed by atoms with Crippen molar-refractivity contribution in [2.75, 3.05) is 29.9 Å². The van der Waals surface area contributed by atoms with Crippen LogP contribution in [-0.4, -0.2) is 42.9 Å². The maximum absolute atomic E-state index is 12.4. The minimum atomic E-state index is 0.0563. The van der Waals surface area contributed by atoms with Crippen molar-refractivity contribution in [3.8, 4) is 0 Å². The molecule has 2 unspecified atom stereocenters. The molecular formula is C20H30N2O3. The Balaban J connectivity index is 1.54. The number of ether oxygens (including phenoxy) is 1. The zero-order valence-electron chi connectivity index (χ0n) is 15.1. The molecule has 138 valence electrons. The van der Waals surface area contributed by atoms with E-state index in [0.29, 0.717) is 18.4 Å². The van der Waals surface area contributed by atoms with E-state index in [-0.39, 0.29) is 18.6 Å². The number of benzene rings is 1. The second kappa shape index (κ2) is 8.68. The number of carbonyl (C=O) groups is 1. The molecule has 1 aromatic rings. The van der Waals surface area contributed by atoms with Gasteiger partial charge in [-0.3, -0.25) is 4.79 Å². The first-order valence-corrected chi connectivity index (χ1v) is 9.56. The molecule has 2 aliphatic rings. The number of aliphatic hydroxyl groups is 1. The largest absolute Gasteiger partial charge is 0.396 e. The summed E-state index contributed by atoms with van der Waals surface area (Å²) >= 11 is 0. The molecule has 0 spiro atoms. The Hall–Kier alpha value is -1.59. The number of anilines is 2. The van der Waals surface area contributed by atoms with Gasteiger partial charge in [-0.15, -0.1) is 0 Å². The second-order valence-corrected chi connectivity index (χ2v) is 7.36. The molecule has 5 heteroatoms. The van der Waals surface area contributed by atoms with Gasteiger partial charge in [-0.25, -0.2) is 0 Å².